The lowest BCUT2D eigenvalue weighted by molar-refractivity contribution is 0.332. The summed E-state index contributed by atoms with van der Waals surface area (Å²) in [5.74, 6) is 2.88. The molecule has 83 valence electrons. The second kappa shape index (κ2) is 5.20. The second-order valence-electron chi connectivity index (χ2n) is 4.31. The molecule has 0 bridgehead atoms. The van der Waals surface area contributed by atoms with Gasteiger partial charge in [0.05, 0.1) is 6.61 Å². The highest BCUT2D eigenvalue weighted by Crippen LogP contribution is 2.33. The lowest BCUT2D eigenvalue weighted by atomic mass is 9.94. The second-order valence-corrected chi connectivity index (χ2v) is 4.31. The van der Waals surface area contributed by atoms with E-state index in [-0.39, 0.29) is 0 Å². The monoisotopic (exact) mass is 205 g/mol. The average Bonchev–Trinajstić information content (AvgIpc) is 2.17. The Morgan fingerprint density at radius 1 is 1.27 bits per heavy atom. The topological polar surface area (TPSA) is 9.23 Å². The summed E-state index contributed by atoms with van der Waals surface area (Å²) in [6.07, 6.45) is 0. The van der Waals surface area contributed by atoms with Crippen molar-refractivity contribution < 1.29 is 4.74 Å². The van der Waals surface area contributed by atoms with Crippen molar-refractivity contribution in [2.24, 2.45) is 0 Å². The Labute approximate surface area is 93.5 Å². The quantitative estimate of drug-likeness (QED) is 0.716. The number of rotatable bonds is 4. The van der Waals surface area contributed by atoms with Gasteiger partial charge in [0.15, 0.2) is 0 Å². The molecular formula is C14H21O. The number of benzene rings is 1. The van der Waals surface area contributed by atoms with Gasteiger partial charge in [0.2, 0.25) is 0 Å². The molecule has 0 fully saturated rings. The summed E-state index contributed by atoms with van der Waals surface area (Å²) in [6, 6.07) is 6.40. The van der Waals surface area contributed by atoms with Gasteiger partial charge in [-0.1, -0.05) is 45.9 Å². The Kier molecular flexibility index (Phi) is 4.19. The zero-order valence-electron chi connectivity index (χ0n) is 10.4. The number of hydrogen-bond donors (Lipinski definition) is 0. The molecule has 1 rings (SSSR count). The Balaban J connectivity index is 3.21. The Hall–Kier alpha value is -0.980. The Bertz CT molecular complexity index is 287. The van der Waals surface area contributed by atoms with Crippen LogP contribution >= 0.6 is 0 Å². The van der Waals surface area contributed by atoms with Gasteiger partial charge in [0, 0.05) is 11.5 Å². The molecule has 0 spiro atoms. The maximum Gasteiger partial charge on any atom is 0.126 e. The van der Waals surface area contributed by atoms with E-state index in [0.717, 1.165) is 12.4 Å². The van der Waals surface area contributed by atoms with Crippen LogP contribution in [-0.4, -0.2) is 6.61 Å². The predicted octanol–water partition coefficient (Wildman–Crippen LogP) is 4.17. The minimum absolute atomic E-state index is 0.505. The van der Waals surface area contributed by atoms with Gasteiger partial charge in [0.1, 0.15) is 5.75 Å². The van der Waals surface area contributed by atoms with Gasteiger partial charge in [-0.15, -0.1) is 0 Å². The van der Waals surface area contributed by atoms with Crippen molar-refractivity contribution in [2.75, 3.05) is 6.61 Å². The maximum absolute atomic E-state index is 5.77. The molecule has 1 aromatic rings. The van der Waals surface area contributed by atoms with Crippen LogP contribution in [0.5, 0.6) is 5.75 Å². The standard InChI is InChI=1S/C14H21O/c1-6-15-14-12(10(2)3)8-7-9-13(14)11(4)5/h7-10H,6H2,1-5H3. The summed E-state index contributed by atoms with van der Waals surface area (Å²) in [5, 5.41) is 0. The van der Waals surface area contributed by atoms with E-state index in [1.54, 1.807) is 0 Å². The van der Waals surface area contributed by atoms with Crippen molar-refractivity contribution in [3.05, 3.63) is 35.2 Å². The smallest absolute Gasteiger partial charge is 0.126 e. The van der Waals surface area contributed by atoms with Crippen LogP contribution in [0.2, 0.25) is 0 Å². The van der Waals surface area contributed by atoms with E-state index in [1.165, 1.54) is 17.0 Å². The largest absolute Gasteiger partial charge is 0.493 e. The van der Waals surface area contributed by atoms with Crippen LogP contribution in [0.1, 0.15) is 51.7 Å². The maximum atomic E-state index is 5.77. The molecule has 15 heavy (non-hydrogen) atoms. The van der Waals surface area contributed by atoms with Crippen LogP contribution in [-0.2, 0) is 0 Å². The van der Waals surface area contributed by atoms with Crippen LogP contribution in [0, 0.1) is 5.92 Å². The molecule has 0 amide bonds. The highest BCUT2D eigenvalue weighted by atomic mass is 16.5. The molecule has 0 heterocycles. The Morgan fingerprint density at radius 2 is 1.93 bits per heavy atom. The molecule has 1 heteroatoms. The molecule has 0 aromatic heterocycles. The molecule has 0 N–H and O–H groups in total. The van der Waals surface area contributed by atoms with Crippen molar-refractivity contribution in [1.82, 2.24) is 0 Å². The van der Waals surface area contributed by atoms with E-state index in [1.807, 2.05) is 6.92 Å². The van der Waals surface area contributed by atoms with Crippen LogP contribution in [0.25, 0.3) is 0 Å². The molecule has 0 saturated carbocycles. The first-order valence-corrected chi connectivity index (χ1v) is 5.64. The SMILES string of the molecule is CCOc1c([C](C)C)cccc1C(C)C. The minimum Gasteiger partial charge on any atom is -0.493 e. The summed E-state index contributed by atoms with van der Waals surface area (Å²) in [6.45, 7) is 11.4. The van der Waals surface area contributed by atoms with Gasteiger partial charge in [-0.25, -0.2) is 0 Å². The van der Waals surface area contributed by atoms with Crippen LogP contribution in [0.15, 0.2) is 18.2 Å². The summed E-state index contributed by atoms with van der Waals surface area (Å²) in [5.41, 5.74) is 2.54. The zero-order chi connectivity index (χ0) is 11.4. The van der Waals surface area contributed by atoms with Crippen molar-refractivity contribution in [2.45, 2.75) is 40.5 Å². The van der Waals surface area contributed by atoms with Gasteiger partial charge < -0.3 is 4.74 Å². The zero-order valence-corrected chi connectivity index (χ0v) is 10.4. The lowest BCUT2D eigenvalue weighted by Gasteiger charge is -2.18. The first-order chi connectivity index (χ1) is 7.07. The number of para-hydroxylation sites is 1. The minimum atomic E-state index is 0.505. The molecule has 0 aliphatic carbocycles. The molecule has 1 nitrogen and oxygen atoms in total. The van der Waals surface area contributed by atoms with Crippen molar-refractivity contribution in [3.63, 3.8) is 0 Å². The van der Waals surface area contributed by atoms with E-state index in [2.05, 4.69) is 45.9 Å². The average molecular weight is 205 g/mol. The number of ether oxygens (including phenoxy) is 1. The van der Waals surface area contributed by atoms with Crippen molar-refractivity contribution in [3.8, 4) is 5.75 Å². The summed E-state index contributed by atoms with van der Waals surface area (Å²) in [7, 11) is 0. The predicted molar refractivity (Wildman–Crippen MR) is 65.4 cm³/mol. The molecule has 0 aliphatic rings. The lowest BCUT2D eigenvalue weighted by Crippen LogP contribution is -2.03. The van der Waals surface area contributed by atoms with Crippen LogP contribution in [0.3, 0.4) is 0 Å². The third-order valence-corrected chi connectivity index (χ3v) is 2.49. The molecular weight excluding hydrogens is 184 g/mol. The molecule has 1 radical (unpaired) electrons. The van der Waals surface area contributed by atoms with Gasteiger partial charge in [-0.2, -0.15) is 0 Å². The molecule has 0 aliphatic heterocycles. The van der Waals surface area contributed by atoms with Crippen molar-refractivity contribution in [1.29, 1.82) is 0 Å². The first kappa shape index (κ1) is 12.1. The summed E-state index contributed by atoms with van der Waals surface area (Å²) >= 11 is 0. The van der Waals surface area contributed by atoms with Gasteiger partial charge in [-0.3, -0.25) is 0 Å². The van der Waals surface area contributed by atoms with Gasteiger partial charge in [0.25, 0.3) is 0 Å². The van der Waals surface area contributed by atoms with Crippen molar-refractivity contribution >= 4 is 0 Å². The highest BCUT2D eigenvalue weighted by Gasteiger charge is 2.14. The summed E-state index contributed by atoms with van der Waals surface area (Å²) in [4.78, 5) is 0. The third-order valence-electron chi connectivity index (χ3n) is 2.49. The fraction of sp³-hybridized carbons (Fsp3) is 0.500. The summed E-state index contributed by atoms with van der Waals surface area (Å²) < 4.78 is 5.77. The van der Waals surface area contributed by atoms with E-state index in [0.29, 0.717) is 5.92 Å². The normalized spacial score (nSPS) is 11.1. The van der Waals surface area contributed by atoms with Crippen LogP contribution in [0.4, 0.5) is 0 Å². The Morgan fingerprint density at radius 3 is 2.40 bits per heavy atom. The fourth-order valence-corrected chi connectivity index (χ4v) is 1.71. The van der Waals surface area contributed by atoms with E-state index >= 15 is 0 Å². The van der Waals surface area contributed by atoms with E-state index < -0.39 is 0 Å². The third kappa shape index (κ3) is 2.74. The highest BCUT2D eigenvalue weighted by molar-refractivity contribution is 5.49. The molecule has 0 atom stereocenters. The molecule has 0 unspecified atom stereocenters. The van der Waals surface area contributed by atoms with E-state index in [4.69, 9.17) is 4.74 Å². The van der Waals surface area contributed by atoms with Gasteiger partial charge >= 0.3 is 0 Å². The van der Waals surface area contributed by atoms with Crippen LogP contribution < -0.4 is 4.74 Å². The number of hydrogen-bond acceptors (Lipinski definition) is 1. The first-order valence-electron chi connectivity index (χ1n) is 5.64. The molecule has 0 saturated heterocycles. The fourth-order valence-electron chi connectivity index (χ4n) is 1.71. The van der Waals surface area contributed by atoms with Gasteiger partial charge in [-0.05, 0) is 18.4 Å². The molecule has 1 aromatic carbocycles. The van der Waals surface area contributed by atoms with E-state index in [9.17, 15) is 0 Å².